The van der Waals surface area contributed by atoms with E-state index in [0.717, 1.165) is 17.1 Å². The second-order valence-electron chi connectivity index (χ2n) is 4.00. The summed E-state index contributed by atoms with van der Waals surface area (Å²) in [7, 11) is 4.83. The van der Waals surface area contributed by atoms with Gasteiger partial charge in [0.2, 0.25) is 0 Å². The van der Waals surface area contributed by atoms with Crippen LogP contribution in [0.4, 0.5) is 0 Å². The Kier molecular flexibility index (Phi) is 5.10. The molecule has 0 radical (unpaired) electrons. The Bertz CT molecular complexity index is 337. The normalized spacial score (nSPS) is 12.1. The van der Waals surface area contributed by atoms with Crippen LogP contribution in [0.3, 0.4) is 0 Å². The average molecular weight is 240 g/mol. The molecule has 1 aromatic carbocycles. The summed E-state index contributed by atoms with van der Waals surface area (Å²) in [6, 6.07) is 3.64. The molecule has 17 heavy (non-hydrogen) atoms. The van der Waals surface area contributed by atoms with Crippen LogP contribution >= 0.6 is 0 Å². The molecule has 4 heteroatoms. The summed E-state index contributed by atoms with van der Waals surface area (Å²) in [6.07, 6.45) is 0.701. The molecule has 1 unspecified atom stereocenters. The molecule has 0 aliphatic heterocycles. The third-order valence-electron chi connectivity index (χ3n) is 2.68. The fourth-order valence-electron chi connectivity index (χ4n) is 1.69. The lowest BCUT2D eigenvalue weighted by molar-refractivity contribution is 0.234. The van der Waals surface area contributed by atoms with Crippen LogP contribution in [-0.2, 0) is 6.42 Å². The molecule has 1 aromatic rings. The van der Waals surface area contributed by atoms with E-state index in [0.29, 0.717) is 12.2 Å². The third-order valence-corrected chi connectivity index (χ3v) is 2.68. The van der Waals surface area contributed by atoms with Gasteiger partial charge in [0.15, 0.2) is 0 Å². The Labute approximate surface area is 102 Å². The van der Waals surface area contributed by atoms with Crippen molar-refractivity contribution in [2.24, 2.45) is 5.92 Å². The lowest BCUT2D eigenvalue weighted by atomic mass is 10.00. The van der Waals surface area contributed by atoms with E-state index in [9.17, 15) is 0 Å². The highest BCUT2D eigenvalue weighted by atomic mass is 16.5. The number of ether oxygens (including phenoxy) is 3. The second-order valence-corrected chi connectivity index (χ2v) is 4.00. The number of hydrogen-bond acceptors (Lipinski definition) is 4. The van der Waals surface area contributed by atoms with Crippen molar-refractivity contribution in [1.82, 2.24) is 0 Å². The van der Waals surface area contributed by atoms with Crippen LogP contribution in [0.1, 0.15) is 12.5 Å². The number of benzene rings is 1. The summed E-state index contributed by atoms with van der Waals surface area (Å²) in [6.45, 7) is 2.11. The fourth-order valence-corrected chi connectivity index (χ4v) is 1.69. The number of hydrogen-bond donors (Lipinski definition) is 1. The number of methoxy groups -OCH3 is 3. The van der Waals surface area contributed by atoms with Gasteiger partial charge in [-0.25, -0.2) is 0 Å². The van der Waals surface area contributed by atoms with Gasteiger partial charge in [0.25, 0.3) is 0 Å². The van der Waals surface area contributed by atoms with Gasteiger partial charge in [-0.2, -0.15) is 0 Å². The van der Waals surface area contributed by atoms with Crippen molar-refractivity contribution < 1.29 is 19.3 Å². The quantitative estimate of drug-likeness (QED) is 0.824. The van der Waals surface area contributed by atoms with Gasteiger partial charge in [-0.15, -0.1) is 0 Å². The number of aliphatic hydroxyl groups is 1. The van der Waals surface area contributed by atoms with Gasteiger partial charge in [-0.05, 0) is 12.3 Å². The van der Waals surface area contributed by atoms with Crippen molar-refractivity contribution >= 4 is 0 Å². The maximum atomic E-state index is 9.12. The van der Waals surface area contributed by atoms with Gasteiger partial charge in [0.05, 0.1) is 21.3 Å². The highest BCUT2D eigenvalue weighted by Crippen LogP contribution is 2.35. The molecule has 0 heterocycles. The topological polar surface area (TPSA) is 47.9 Å². The molecule has 96 valence electrons. The molecule has 0 saturated carbocycles. The lowest BCUT2D eigenvalue weighted by Gasteiger charge is -2.17. The van der Waals surface area contributed by atoms with Gasteiger partial charge in [0, 0.05) is 24.3 Å². The molecule has 0 bridgehead atoms. The van der Waals surface area contributed by atoms with Gasteiger partial charge >= 0.3 is 0 Å². The number of aliphatic hydroxyl groups excluding tert-OH is 1. The molecule has 0 amide bonds. The van der Waals surface area contributed by atoms with Crippen molar-refractivity contribution in [2.45, 2.75) is 13.3 Å². The van der Waals surface area contributed by atoms with Crippen LogP contribution in [0.15, 0.2) is 12.1 Å². The summed E-state index contributed by atoms with van der Waals surface area (Å²) in [5, 5.41) is 9.12. The molecule has 1 N–H and O–H groups in total. The smallest absolute Gasteiger partial charge is 0.129 e. The number of rotatable bonds is 6. The van der Waals surface area contributed by atoms with E-state index < -0.39 is 0 Å². The van der Waals surface area contributed by atoms with Crippen molar-refractivity contribution in [3.63, 3.8) is 0 Å². The Morgan fingerprint density at radius 1 is 1.06 bits per heavy atom. The minimum atomic E-state index is 0.137. The van der Waals surface area contributed by atoms with E-state index in [1.54, 1.807) is 21.3 Å². The van der Waals surface area contributed by atoms with Gasteiger partial charge < -0.3 is 19.3 Å². The van der Waals surface area contributed by atoms with Crippen LogP contribution < -0.4 is 14.2 Å². The van der Waals surface area contributed by atoms with Crippen molar-refractivity contribution in [3.05, 3.63) is 17.7 Å². The van der Waals surface area contributed by atoms with Crippen molar-refractivity contribution in [3.8, 4) is 17.2 Å². The zero-order chi connectivity index (χ0) is 12.8. The first-order valence-electron chi connectivity index (χ1n) is 5.56. The first kappa shape index (κ1) is 13.6. The molecule has 0 fully saturated rings. The molecule has 0 aliphatic rings. The zero-order valence-corrected chi connectivity index (χ0v) is 10.8. The Morgan fingerprint density at radius 2 is 1.59 bits per heavy atom. The molecule has 1 rings (SSSR count). The predicted molar refractivity (Wildman–Crippen MR) is 66.1 cm³/mol. The van der Waals surface area contributed by atoms with E-state index in [1.807, 2.05) is 19.1 Å². The molecule has 0 saturated heterocycles. The van der Waals surface area contributed by atoms with Crippen LogP contribution in [0.25, 0.3) is 0 Å². The summed E-state index contributed by atoms with van der Waals surface area (Å²) in [5.41, 5.74) is 0.956. The van der Waals surface area contributed by atoms with Gasteiger partial charge in [0.1, 0.15) is 17.2 Å². The summed E-state index contributed by atoms with van der Waals surface area (Å²) >= 11 is 0. The Balaban J connectivity index is 3.15. The fraction of sp³-hybridized carbons (Fsp3) is 0.538. The monoisotopic (exact) mass is 240 g/mol. The summed E-state index contributed by atoms with van der Waals surface area (Å²) in [5.74, 6) is 2.30. The summed E-state index contributed by atoms with van der Waals surface area (Å²) in [4.78, 5) is 0. The highest BCUT2D eigenvalue weighted by Gasteiger charge is 2.15. The molecular weight excluding hydrogens is 220 g/mol. The van der Waals surface area contributed by atoms with Crippen molar-refractivity contribution in [2.75, 3.05) is 27.9 Å². The van der Waals surface area contributed by atoms with Gasteiger partial charge in [-0.1, -0.05) is 6.92 Å². The average Bonchev–Trinajstić information content (AvgIpc) is 2.38. The largest absolute Gasteiger partial charge is 0.496 e. The standard InChI is InChI=1S/C13H20O4/c1-9(8-14)5-11-12(16-3)6-10(15-2)7-13(11)17-4/h6-7,9,14H,5,8H2,1-4H3. The molecule has 0 aromatic heterocycles. The lowest BCUT2D eigenvalue weighted by Crippen LogP contribution is -2.07. The molecule has 4 nitrogen and oxygen atoms in total. The van der Waals surface area contributed by atoms with Crippen molar-refractivity contribution in [1.29, 1.82) is 0 Å². The van der Waals surface area contributed by atoms with E-state index in [1.165, 1.54) is 0 Å². The van der Waals surface area contributed by atoms with Crippen LogP contribution in [0.5, 0.6) is 17.2 Å². The zero-order valence-electron chi connectivity index (χ0n) is 10.8. The second kappa shape index (κ2) is 6.35. The maximum Gasteiger partial charge on any atom is 0.129 e. The molecule has 1 atom stereocenters. The summed E-state index contributed by atoms with van der Waals surface area (Å²) < 4.78 is 15.8. The molecule has 0 spiro atoms. The highest BCUT2D eigenvalue weighted by molar-refractivity contribution is 5.50. The third kappa shape index (κ3) is 3.27. The minimum absolute atomic E-state index is 0.137. The predicted octanol–water partition coefficient (Wildman–Crippen LogP) is 1.88. The Morgan fingerprint density at radius 3 is 1.94 bits per heavy atom. The first-order valence-corrected chi connectivity index (χ1v) is 5.56. The molecule has 0 aliphatic carbocycles. The van der Waals surface area contributed by atoms with Crippen LogP contribution in [0, 0.1) is 5.92 Å². The van der Waals surface area contributed by atoms with E-state index in [-0.39, 0.29) is 12.5 Å². The van der Waals surface area contributed by atoms with Crippen LogP contribution in [0.2, 0.25) is 0 Å². The SMILES string of the molecule is COc1cc(OC)c(CC(C)CO)c(OC)c1. The molecular formula is C13H20O4. The van der Waals surface area contributed by atoms with E-state index in [4.69, 9.17) is 19.3 Å². The van der Waals surface area contributed by atoms with Crippen LogP contribution in [-0.4, -0.2) is 33.0 Å². The minimum Gasteiger partial charge on any atom is -0.496 e. The van der Waals surface area contributed by atoms with Gasteiger partial charge in [-0.3, -0.25) is 0 Å². The van der Waals surface area contributed by atoms with E-state index >= 15 is 0 Å². The Hall–Kier alpha value is -1.42. The first-order chi connectivity index (χ1) is 8.15. The maximum absolute atomic E-state index is 9.12. The van der Waals surface area contributed by atoms with E-state index in [2.05, 4.69) is 0 Å².